The molecule has 0 N–H and O–H groups in total. The van der Waals surface area contributed by atoms with Gasteiger partial charge in [0.1, 0.15) is 17.3 Å². The number of thiocarbonyl (C=S) groups is 1. The number of benzene rings is 3. The molecule has 0 amide bonds. The van der Waals surface area contributed by atoms with Gasteiger partial charge in [0.05, 0.1) is 10.7 Å². The Kier molecular flexibility index (Phi) is 8.16. The monoisotopic (exact) mass is 467 g/mol. The standard InChI is InChI=1S/C27H21F4NS/c1-3-5-6-17-11-23(28)22(24(29)12-17)10-9-19-7-8-20(13-18(19)4-2)21-14-25(30)27(32-16-33)26(31)15-21/h7-8,11-15H,3-6H2,1-2H3. The summed E-state index contributed by atoms with van der Waals surface area (Å²) in [6.07, 6.45) is 2.97. The van der Waals surface area contributed by atoms with Crippen molar-refractivity contribution in [2.24, 2.45) is 4.99 Å². The minimum atomic E-state index is -0.849. The highest BCUT2D eigenvalue weighted by atomic mass is 32.1. The predicted octanol–water partition coefficient (Wildman–Crippen LogP) is 7.95. The topological polar surface area (TPSA) is 12.4 Å². The van der Waals surface area contributed by atoms with Crippen LogP contribution in [0.2, 0.25) is 0 Å². The summed E-state index contributed by atoms with van der Waals surface area (Å²) in [5.74, 6) is 2.37. The molecule has 0 atom stereocenters. The van der Waals surface area contributed by atoms with Gasteiger partial charge in [-0.3, -0.25) is 0 Å². The van der Waals surface area contributed by atoms with Gasteiger partial charge in [0, 0.05) is 5.56 Å². The van der Waals surface area contributed by atoms with E-state index in [0.717, 1.165) is 18.4 Å². The van der Waals surface area contributed by atoms with E-state index >= 15 is 0 Å². The zero-order valence-electron chi connectivity index (χ0n) is 18.2. The van der Waals surface area contributed by atoms with Crippen molar-refractivity contribution in [3.05, 3.63) is 88.0 Å². The highest BCUT2D eigenvalue weighted by Gasteiger charge is 2.13. The van der Waals surface area contributed by atoms with Crippen LogP contribution in [0.15, 0.2) is 47.5 Å². The Morgan fingerprint density at radius 3 is 2.06 bits per heavy atom. The smallest absolute Gasteiger partial charge is 0.153 e. The quantitative estimate of drug-likeness (QED) is 0.155. The fourth-order valence-corrected chi connectivity index (χ4v) is 3.56. The van der Waals surface area contributed by atoms with Gasteiger partial charge in [0.25, 0.3) is 0 Å². The lowest BCUT2D eigenvalue weighted by molar-refractivity contribution is 0.572. The molecule has 0 aromatic heterocycles. The zero-order chi connectivity index (χ0) is 24.0. The van der Waals surface area contributed by atoms with Crippen molar-refractivity contribution >= 4 is 23.1 Å². The molecule has 0 aliphatic carbocycles. The summed E-state index contributed by atoms with van der Waals surface area (Å²) < 4.78 is 57.3. The second-order valence-corrected chi connectivity index (χ2v) is 7.69. The highest BCUT2D eigenvalue weighted by molar-refractivity contribution is 7.78. The molecule has 3 aromatic carbocycles. The van der Waals surface area contributed by atoms with Crippen molar-refractivity contribution in [2.75, 3.05) is 0 Å². The molecule has 0 aliphatic rings. The second-order valence-electron chi connectivity index (χ2n) is 7.51. The molecule has 0 heterocycles. The van der Waals surface area contributed by atoms with Crippen LogP contribution in [0.3, 0.4) is 0 Å². The molecule has 0 saturated carbocycles. The minimum Gasteiger partial charge on any atom is -0.206 e. The number of hydrogen-bond acceptors (Lipinski definition) is 2. The molecule has 168 valence electrons. The molecule has 33 heavy (non-hydrogen) atoms. The summed E-state index contributed by atoms with van der Waals surface area (Å²) in [6, 6.07) is 10.1. The molecule has 3 aromatic rings. The lowest BCUT2D eigenvalue weighted by Gasteiger charge is -2.09. The molecular weight excluding hydrogens is 446 g/mol. The van der Waals surface area contributed by atoms with Crippen molar-refractivity contribution in [3.8, 4) is 23.0 Å². The highest BCUT2D eigenvalue weighted by Crippen LogP contribution is 2.30. The summed E-state index contributed by atoms with van der Waals surface area (Å²) in [4.78, 5) is 3.41. The van der Waals surface area contributed by atoms with Gasteiger partial charge in [-0.15, -0.1) is 0 Å². The number of nitrogens with zero attached hydrogens (tertiary/aromatic N) is 1. The van der Waals surface area contributed by atoms with Crippen LogP contribution in [0, 0.1) is 35.1 Å². The van der Waals surface area contributed by atoms with Crippen molar-refractivity contribution in [3.63, 3.8) is 0 Å². The Balaban J connectivity index is 1.96. The third-order valence-corrected chi connectivity index (χ3v) is 5.33. The summed E-state index contributed by atoms with van der Waals surface area (Å²) >= 11 is 4.42. The van der Waals surface area contributed by atoms with Crippen LogP contribution in [0.25, 0.3) is 11.1 Å². The summed E-state index contributed by atoms with van der Waals surface area (Å²) in [5, 5.41) is 1.96. The first-order valence-electron chi connectivity index (χ1n) is 10.6. The maximum Gasteiger partial charge on any atom is 0.153 e. The number of aryl methyl sites for hydroxylation is 2. The van der Waals surface area contributed by atoms with Gasteiger partial charge in [0.2, 0.25) is 0 Å². The Morgan fingerprint density at radius 2 is 1.48 bits per heavy atom. The number of halogens is 4. The van der Waals surface area contributed by atoms with Gasteiger partial charge in [0.15, 0.2) is 11.6 Å². The van der Waals surface area contributed by atoms with E-state index in [0.29, 0.717) is 35.1 Å². The Labute approximate surface area is 196 Å². The maximum atomic E-state index is 14.4. The SMILES string of the molecule is CCCCc1cc(F)c(C#Cc2ccc(-c3cc(F)c(N=C=S)c(F)c3)cc2CC)c(F)c1. The first-order valence-corrected chi connectivity index (χ1v) is 11.0. The number of aliphatic imine (C=N–C) groups is 1. The van der Waals surface area contributed by atoms with Crippen LogP contribution in [0.4, 0.5) is 23.2 Å². The fraction of sp³-hybridized carbons (Fsp3) is 0.222. The van der Waals surface area contributed by atoms with Gasteiger partial charge in [-0.25, -0.2) is 17.6 Å². The van der Waals surface area contributed by atoms with Crippen molar-refractivity contribution in [1.82, 2.24) is 0 Å². The number of isothiocyanates is 1. The zero-order valence-corrected chi connectivity index (χ0v) is 19.1. The van der Waals surface area contributed by atoms with Gasteiger partial charge >= 0.3 is 0 Å². The first-order chi connectivity index (χ1) is 15.9. The Hall–Kier alpha value is -3.26. The Bertz CT molecular complexity index is 1250. The summed E-state index contributed by atoms with van der Waals surface area (Å²) in [7, 11) is 0. The molecule has 0 spiro atoms. The lowest BCUT2D eigenvalue weighted by atomic mass is 9.97. The lowest BCUT2D eigenvalue weighted by Crippen LogP contribution is -1.96. The van der Waals surface area contributed by atoms with E-state index in [2.05, 4.69) is 29.1 Å². The van der Waals surface area contributed by atoms with E-state index in [9.17, 15) is 17.6 Å². The minimum absolute atomic E-state index is 0.278. The van der Waals surface area contributed by atoms with E-state index in [1.54, 1.807) is 18.2 Å². The van der Waals surface area contributed by atoms with Gasteiger partial charge in [-0.05, 0) is 90.1 Å². The third-order valence-electron chi connectivity index (χ3n) is 5.24. The molecule has 3 rings (SSSR count). The van der Waals surface area contributed by atoms with Crippen LogP contribution in [-0.2, 0) is 12.8 Å². The van der Waals surface area contributed by atoms with Crippen molar-refractivity contribution in [1.29, 1.82) is 0 Å². The average molecular weight is 468 g/mol. The molecule has 6 heteroatoms. The molecule has 0 unspecified atom stereocenters. The number of unbranched alkanes of at least 4 members (excludes halogenated alkanes) is 1. The van der Waals surface area contributed by atoms with E-state index < -0.39 is 29.0 Å². The normalized spacial score (nSPS) is 10.4. The van der Waals surface area contributed by atoms with E-state index in [1.165, 1.54) is 24.3 Å². The van der Waals surface area contributed by atoms with Crippen LogP contribution < -0.4 is 0 Å². The number of rotatable bonds is 6. The van der Waals surface area contributed by atoms with Crippen molar-refractivity contribution < 1.29 is 17.6 Å². The number of hydrogen-bond donors (Lipinski definition) is 0. The molecular formula is C27H21F4NS. The largest absolute Gasteiger partial charge is 0.206 e. The van der Waals surface area contributed by atoms with Crippen molar-refractivity contribution in [2.45, 2.75) is 39.5 Å². The molecule has 0 saturated heterocycles. The van der Waals surface area contributed by atoms with Crippen LogP contribution in [0.1, 0.15) is 48.9 Å². The average Bonchev–Trinajstić information content (AvgIpc) is 2.79. The van der Waals surface area contributed by atoms with Gasteiger partial charge in [-0.1, -0.05) is 38.2 Å². The molecule has 1 nitrogen and oxygen atoms in total. The molecule has 0 radical (unpaired) electrons. The van der Waals surface area contributed by atoms with Gasteiger partial charge in [-0.2, -0.15) is 4.99 Å². The van der Waals surface area contributed by atoms with Gasteiger partial charge < -0.3 is 0 Å². The van der Waals surface area contributed by atoms with E-state index in [-0.39, 0.29) is 5.56 Å². The summed E-state index contributed by atoms with van der Waals surface area (Å²) in [5.41, 5.74) is 2.10. The summed E-state index contributed by atoms with van der Waals surface area (Å²) in [6.45, 7) is 3.91. The molecule has 0 fully saturated rings. The maximum absolute atomic E-state index is 14.4. The fourth-order valence-electron chi connectivity index (χ4n) is 3.47. The van der Waals surface area contributed by atoms with Crippen LogP contribution in [0.5, 0.6) is 0 Å². The predicted molar refractivity (Wildman–Crippen MR) is 127 cm³/mol. The second kappa shape index (κ2) is 11.0. The van der Waals surface area contributed by atoms with Crippen LogP contribution >= 0.6 is 12.2 Å². The van der Waals surface area contributed by atoms with Crippen LogP contribution in [-0.4, -0.2) is 5.16 Å². The van der Waals surface area contributed by atoms with E-state index in [4.69, 9.17) is 0 Å². The first kappa shape index (κ1) is 24.4. The Morgan fingerprint density at radius 1 is 0.818 bits per heavy atom. The third kappa shape index (κ3) is 5.76. The molecule has 0 bridgehead atoms. The van der Waals surface area contributed by atoms with E-state index in [1.807, 2.05) is 19.0 Å². The molecule has 0 aliphatic heterocycles.